The second kappa shape index (κ2) is 5.98. The predicted octanol–water partition coefficient (Wildman–Crippen LogP) is 1.55. The van der Waals surface area contributed by atoms with E-state index in [0.717, 1.165) is 12.8 Å². The van der Waals surface area contributed by atoms with Crippen molar-refractivity contribution in [2.24, 2.45) is 5.84 Å². The Bertz CT molecular complexity index is 437. The van der Waals surface area contributed by atoms with E-state index >= 15 is 0 Å². The summed E-state index contributed by atoms with van der Waals surface area (Å²) in [5.74, 6) is 5.69. The molecule has 0 atom stereocenters. The highest BCUT2D eigenvalue weighted by Crippen LogP contribution is 2.34. The first kappa shape index (κ1) is 13.1. The minimum atomic E-state index is -0.422. The SMILES string of the molecule is NNc1ccc([N+](=O)[O-])c(SC2CCOCC2)n1. The minimum absolute atomic E-state index is 0.0190. The molecule has 18 heavy (non-hydrogen) atoms. The average molecular weight is 270 g/mol. The maximum atomic E-state index is 10.9. The van der Waals surface area contributed by atoms with E-state index < -0.39 is 4.92 Å². The Morgan fingerprint density at radius 2 is 2.22 bits per heavy atom. The van der Waals surface area contributed by atoms with Gasteiger partial charge in [0, 0.05) is 24.5 Å². The van der Waals surface area contributed by atoms with Crippen molar-refractivity contribution in [3.05, 3.63) is 22.2 Å². The molecule has 2 heterocycles. The molecule has 0 aliphatic carbocycles. The maximum absolute atomic E-state index is 10.9. The molecule has 1 aliphatic rings. The number of rotatable bonds is 4. The zero-order valence-corrected chi connectivity index (χ0v) is 10.5. The number of thioether (sulfide) groups is 1. The van der Waals surface area contributed by atoms with Crippen LogP contribution >= 0.6 is 11.8 Å². The summed E-state index contributed by atoms with van der Waals surface area (Å²) in [4.78, 5) is 14.7. The van der Waals surface area contributed by atoms with Gasteiger partial charge in [0.05, 0.1) is 4.92 Å². The van der Waals surface area contributed by atoms with Crippen molar-refractivity contribution < 1.29 is 9.66 Å². The van der Waals surface area contributed by atoms with Crippen LogP contribution in [-0.4, -0.2) is 28.4 Å². The molecule has 0 unspecified atom stereocenters. The normalized spacial score (nSPS) is 16.5. The van der Waals surface area contributed by atoms with Crippen molar-refractivity contribution in [2.75, 3.05) is 18.6 Å². The smallest absolute Gasteiger partial charge is 0.301 e. The number of ether oxygens (including phenoxy) is 1. The van der Waals surface area contributed by atoms with Gasteiger partial charge in [-0.25, -0.2) is 10.8 Å². The van der Waals surface area contributed by atoms with Gasteiger partial charge in [-0.15, -0.1) is 0 Å². The Morgan fingerprint density at radius 3 is 2.83 bits per heavy atom. The quantitative estimate of drug-likeness (QED) is 0.486. The monoisotopic (exact) mass is 270 g/mol. The number of nitrogens with two attached hydrogens (primary N) is 1. The number of hydrogen-bond donors (Lipinski definition) is 2. The standard InChI is InChI=1S/C10H14N4O3S/c11-13-9-2-1-8(14(15)16)10(12-9)18-7-3-5-17-6-4-7/h1-2,7H,3-6,11H2,(H,12,13). The molecule has 1 aromatic heterocycles. The molecular weight excluding hydrogens is 256 g/mol. The highest BCUT2D eigenvalue weighted by Gasteiger charge is 2.22. The molecule has 3 N–H and O–H groups in total. The molecule has 1 fully saturated rings. The Hall–Kier alpha value is -1.38. The van der Waals surface area contributed by atoms with E-state index in [1.165, 1.54) is 23.9 Å². The van der Waals surface area contributed by atoms with E-state index in [-0.39, 0.29) is 5.69 Å². The number of hydrazine groups is 1. The first-order valence-electron chi connectivity index (χ1n) is 5.57. The summed E-state index contributed by atoms with van der Waals surface area (Å²) in [6, 6.07) is 2.91. The van der Waals surface area contributed by atoms with E-state index in [9.17, 15) is 10.1 Å². The van der Waals surface area contributed by atoms with Gasteiger partial charge < -0.3 is 10.2 Å². The molecule has 1 saturated heterocycles. The largest absolute Gasteiger partial charge is 0.381 e. The number of nitro groups is 1. The van der Waals surface area contributed by atoms with E-state index in [1.54, 1.807) is 0 Å². The van der Waals surface area contributed by atoms with Crippen LogP contribution in [0.3, 0.4) is 0 Å². The van der Waals surface area contributed by atoms with Crippen molar-refractivity contribution >= 4 is 23.3 Å². The summed E-state index contributed by atoms with van der Waals surface area (Å²) in [6.07, 6.45) is 1.76. The van der Waals surface area contributed by atoms with Crippen molar-refractivity contribution in [1.29, 1.82) is 0 Å². The van der Waals surface area contributed by atoms with Gasteiger partial charge in [0.1, 0.15) is 5.82 Å². The Kier molecular flexibility index (Phi) is 4.34. The molecule has 0 amide bonds. The van der Waals surface area contributed by atoms with Gasteiger partial charge in [-0.2, -0.15) is 0 Å². The summed E-state index contributed by atoms with van der Waals surface area (Å²) in [7, 11) is 0. The summed E-state index contributed by atoms with van der Waals surface area (Å²) in [5, 5.41) is 11.6. The van der Waals surface area contributed by atoms with Gasteiger partial charge in [0.15, 0.2) is 5.03 Å². The van der Waals surface area contributed by atoms with E-state index in [1.807, 2.05) is 0 Å². The minimum Gasteiger partial charge on any atom is -0.381 e. The van der Waals surface area contributed by atoms with Gasteiger partial charge in [0.2, 0.25) is 0 Å². The highest BCUT2D eigenvalue weighted by molar-refractivity contribution is 8.00. The highest BCUT2D eigenvalue weighted by atomic mass is 32.2. The first-order valence-corrected chi connectivity index (χ1v) is 6.45. The first-order chi connectivity index (χ1) is 8.70. The zero-order chi connectivity index (χ0) is 13.0. The molecule has 0 aromatic carbocycles. The Morgan fingerprint density at radius 1 is 1.50 bits per heavy atom. The van der Waals surface area contributed by atoms with E-state index in [2.05, 4.69) is 10.4 Å². The molecule has 7 nitrogen and oxygen atoms in total. The van der Waals surface area contributed by atoms with E-state index in [4.69, 9.17) is 10.6 Å². The molecule has 1 aromatic rings. The van der Waals surface area contributed by atoms with Gasteiger partial charge in [0.25, 0.3) is 0 Å². The van der Waals surface area contributed by atoms with Crippen molar-refractivity contribution in [3.63, 3.8) is 0 Å². The Labute approximate surface area is 108 Å². The van der Waals surface area contributed by atoms with Crippen LogP contribution in [0.5, 0.6) is 0 Å². The van der Waals surface area contributed by atoms with Crippen LogP contribution in [0.4, 0.5) is 11.5 Å². The second-order valence-electron chi connectivity index (χ2n) is 3.85. The molecule has 0 bridgehead atoms. The summed E-state index contributed by atoms with van der Waals surface area (Å²) in [6.45, 7) is 1.39. The van der Waals surface area contributed by atoms with Crippen LogP contribution in [0.1, 0.15) is 12.8 Å². The van der Waals surface area contributed by atoms with Crippen LogP contribution in [-0.2, 0) is 4.74 Å². The third-order valence-corrected chi connectivity index (χ3v) is 3.96. The molecule has 2 rings (SSSR count). The van der Waals surface area contributed by atoms with Crippen molar-refractivity contribution in [3.8, 4) is 0 Å². The topological polar surface area (TPSA) is 103 Å². The molecule has 1 aliphatic heterocycles. The number of anilines is 1. The molecule has 8 heteroatoms. The van der Waals surface area contributed by atoms with E-state index in [0.29, 0.717) is 29.3 Å². The summed E-state index contributed by atoms with van der Waals surface area (Å²) < 4.78 is 5.26. The van der Waals surface area contributed by atoms with Crippen LogP contribution in [0, 0.1) is 10.1 Å². The number of nitrogens with zero attached hydrogens (tertiary/aromatic N) is 2. The van der Waals surface area contributed by atoms with Crippen LogP contribution in [0.15, 0.2) is 17.2 Å². The van der Waals surface area contributed by atoms with Gasteiger partial charge in [-0.05, 0) is 18.9 Å². The van der Waals surface area contributed by atoms with Gasteiger partial charge in [-0.3, -0.25) is 10.1 Å². The summed E-state index contributed by atoms with van der Waals surface area (Å²) in [5.41, 5.74) is 2.42. The lowest BCUT2D eigenvalue weighted by molar-refractivity contribution is -0.388. The maximum Gasteiger partial charge on any atom is 0.301 e. The second-order valence-corrected chi connectivity index (χ2v) is 5.14. The molecule has 98 valence electrons. The third kappa shape index (κ3) is 3.09. The number of nitrogen functional groups attached to an aromatic ring is 1. The summed E-state index contributed by atoms with van der Waals surface area (Å²) >= 11 is 1.42. The number of pyridine rings is 1. The van der Waals surface area contributed by atoms with Crippen molar-refractivity contribution in [2.45, 2.75) is 23.1 Å². The predicted molar refractivity (Wildman–Crippen MR) is 68.4 cm³/mol. The number of hydrogen-bond acceptors (Lipinski definition) is 7. The number of aromatic nitrogens is 1. The molecule has 0 spiro atoms. The van der Waals surface area contributed by atoms with Crippen LogP contribution in [0.25, 0.3) is 0 Å². The van der Waals surface area contributed by atoms with Gasteiger partial charge >= 0.3 is 5.69 Å². The average Bonchev–Trinajstić information content (AvgIpc) is 2.39. The van der Waals surface area contributed by atoms with Crippen LogP contribution in [0.2, 0.25) is 0 Å². The third-order valence-electron chi connectivity index (χ3n) is 2.63. The fraction of sp³-hybridized carbons (Fsp3) is 0.500. The lowest BCUT2D eigenvalue weighted by atomic mass is 10.2. The fourth-order valence-corrected chi connectivity index (χ4v) is 2.85. The molecule has 0 saturated carbocycles. The molecular formula is C10H14N4O3S. The lowest BCUT2D eigenvalue weighted by Gasteiger charge is -2.20. The molecule has 0 radical (unpaired) electrons. The Balaban J connectivity index is 2.19. The zero-order valence-electron chi connectivity index (χ0n) is 9.67. The fourth-order valence-electron chi connectivity index (χ4n) is 1.69. The van der Waals surface area contributed by atoms with Crippen molar-refractivity contribution in [1.82, 2.24) is 4.98 Å². The van der Waals surface area contributed by atoms with Crippen LogP contribution < -0.4 is 11.3 Å². The van der Waals surface area contributed by atoms with Gasteiger partial charge in [-0.1, -0.05) is 11.8 Å². The number of nitrogens with one attached hydrogen (secondary N) is 1. The lowest BCUT2D eigenvalue weighted by Crippen LogP contribution is -2.18.